The smallest absolute Gasteiger partial charge is 0.271 e. The van der Waals surface area contributed by atoms with Crippen LogP contribution in [0.5, 0.6) is 0 Å². The van der Waals surface area contributed by atoms with Gasteiger partial charge in [-0.1, -0.05) is 35.9 Å². The van der Waals surface area contributed by atoms with Gasteiger partial charge in [0.25, 0.3) is 5.91 Å². The maximum absolute atomic E-state index is 12.5. The Hall–Kier alpha value is -2.80. The molecular weight excluding hydrogens is 530 g/mol. The fraction of sp³-hybridized carbons (Fsp3) is 0.111. The largest absolute Gasteiger partial charge is 0.317 e. The standard InChI is InChI=1S/C27H23BrClN3OS/c1-18-15-22(19(2)32(18)26-6-4-3-5-25(26)28)16-30-31-27(33)21-9-7-20(8-10-21)17-34-24-13-11-23(29)12-14-24/h3-16H,17H2,1-2H3,(H,31,33)/b30-16-. The summed E-state index contributed by atoms with van der Waals surface area (Å²) < 4.78 is 3.18. The number of aromatic nitrogens is 1. The minimum absolute atomic E-state index is 0.243. The molecule has 0 bridgehead atoms. The van der Waals surface area contributed by atoms with Crippen LogP contribution < -0.4 is 5.43 Å². The van der Waals surface area contributed by atoms with Crippen molar-refractivity contribution in [1.29, 1.82) is 0 Å². The number of hydrogen-bond donors (Lipinski definition) is 1. The van der Waals surface area contributed by atoms with Crippen molar-refractivity contribution in [2.24, 2.45) is 5.10 Å². The van der Waals surface area contributed by atoms with Gasteiger partial charge in [0.15, 0.2) is 0 Å². The zero-order chi connectivity index (χ0) is 24.1. The third-order valence-corrected chi connectivity index (χ3v) is 7.37. The van der Waals surface area contributed by atoms with E-state index in [4.69, 9.17) is 11.6 Å². The number of benzene rings is 3. The molecule has 4 aromatic rings. The minimum atomic E-state index is -0.243. The molecular formula is C27H23BrClN3OS. The number of amides is 1. The molecule has 172 valence electrons. The van der Waals surface area contributed by atoms with E-state index in [2.05, 4.69) is 50.1 Å². The molecule has 4 nitrogen and oxygen atoms in total. The van der Waals surface area contributed by atoms with Crippen molar-refractivity contribution in [3.8, 4) is 5.69 Å². The fourth-order valence-electron chi connectivity index (χ4n) is 3.60. The van der Waals surface area contributed by atoms with Gasteiger partial charge in [0.2, 0.25) is 0 Å². The molecule has 1 heterocycles. The number of carbonyl (C=O) groups excluding carboxylic acids is 1. The summed E-state index contributed by atoms with van der Waals surface area (Å²) in [7, 11) is 0. The van der Waals surface area contributed by atoms with Gasteiger partial charge >= 0.3 is 0 Å². The van der Waals surface area contributed by atoms with Gasteiger partial charge in [-0.2, -0.15) is 5.10 Å². The monoisotopic (exact) mass is 551 g/mol. The number of carbonyl (C=O) groups is 1. The van der Waals surface area contributed by atoms with Crippen LogP contribution >= 0.6 is 39.3 Å². The Morgan fingerprint density at radius 2 is 1.76 bits per heavy atom. The van der Waals surface area contributed by atoms with Crippen LogP contribution in [-0.2, 0) is 5.75 Å². The molecule has 0 aliphatic carbocycles. The van der Waals surface area contributed by atoms with Gasteiger partial charge in [0, 0.05) is 42.7 Å². The molecule has 0 radical (unpaired) electrons. The second kappa shape index (κ2) is 11.1. The molecule has 0 saturated heterocycles. The zero-order valence-electron chi connectivity index (χ0n) is 18.8. The summed E-state index contributed by atoms with van der Waals surface area (Å²) in [6.45, 7) is 4.09. The Labute approximate surface area is 217 Å². The predicted octanol–water partition coefficient (Wildman–Crippen LogP) is 7.57. The maximum atomic E-state index is 12.5. The lowest BCUT2D eigenvalue weighted by molar-refractivity contribution is 0.0955. The molecule has 3 aromatic carbocycles. The van der Waals surface area contributed by atoms with Gasteiger partial charge in [0.05, 0.1) is 11.9 Å². The molecule has 1 N–H and O–H groups in total. The zero-order valence-corrected chi connectivity index (χ0v) is 21.9. The number of halogens is 2. The number of hydrogen-bond acceptors (Lipinski definition) is 3. The van der Waals surface area contributed by atoms with E-state index >= 15 is 0 Å². The van der Waals surface area contributed by atoms with Crippen molar-refractivity contribution in [2.75, 3.05) is 0 Å². The first-order chi connectivity index (χ1) is 16.4. The third-order valence-electron chi connectivity index (χ3n) is 5.37. The molecule has 34 heavy (non-hydrogen) atoms. The van der Waals surface area contributed by atoms with E-state index in [1.807, 2.05) is 73.7 Å². The van der Waals surface area contributed by atoms with Crippen molar-refractivity contribution in [2.45, 2.75) is 24.5 Å². The van der Waals surface area contributed by atoms with E-state index in [-0.39, 0.29) is 5.91 Å². The van der Waals surface area contributed by atoms with E-state index in [1.165, 1.54) is 0 Å². The van der Waals surface area contributed by atoms with Gasteiger partial charge < -0.3 is 4.57 Å². The summed E-state index contributed by atoms with van der Waals surface area (Å²) in [6, 6.07) is 25.5. The lowest BCUT2D eigenvalue weighted by Crippen LogP contribution is -2.17. The topological polar surface area (TPSA) is 46.4 Å². The van der Waals surface area contributed by atoms with Crippen LogP contribution in [0.2, 0.25) is 5.02 Å². The Morgan fingerprint density at radius 3 is 2.47 bits per heavy atom. The van der Waals surface area contributed by atoms with Crippen molar-refractivity contribution < 1.29 is 4.79 Å². The second-order valence-electron chi connectivity index (χ2n) is 7.75. The molecule has 0 fully saturated rings. The number of thioether (sulfide) groups is 1. The molecule has 0 unspecified atom stereocenters. The predicted molar refractivity (Wildman–Crippen MR) is 145 cm³/mol. The number of rotatable bonds is 7. The molecule has 0 aliphatic rings. The highest BCUT2D eigenvalue weighted by molar-refractivity contribution is 9.10. The van der Waals surface area contributed by atoms with E-state index in [0.717, 1.165) is 48.3 Å². The van der Waals surface area contributed by atoms with Gasteiger partial charge in [-0.3, -0.25) is 4.79 Å². The molecule has 4 rings (SSSR count). The number of nitrogens with zero attached hydrogens (tertiary/aromatic N) is 2. The van der Waals surface area contributed by atoms with E-state index in [1.54, 1.807) is 18.0 Å². The number of hydrazone groups is 1. The molecule has 0 saturated carbocycles. The average molecular weight is 553 g/mol. The van der Waals surface area contributed by atoms with Crippen LogP contribution in [0.3, 0.4) is 0 Å². The fourth-order valence-corrected chi connectivity index (χ4v) is 5.04. The Balaban J connectivity index is 1.37. The SMILES string of the molecule is Cc1cc(/C=N\NC(=O)c2ccc(CSc3ccc(Cl)cc3)cc2)c(C)n1-c1ccccc1Br. The Kier molecular flexibility index (Phi) is 7.93. The van der Waals surface area contributed by atoms with Crippen molar-refractivity contribution in [3.05, 3.63) is 116 Å². The average Bonchev–Trinajstić information content (AvgIpc) is 3.12. The molecule has 0 atom stereocenters. The van der Waals surface area contributed by atoms with Crippen LogP contribution in [0.4, 0.5) is 0 Å². The van der Waals surface area contributed by atoms with Gasteiger partial charge in [0.1, 0.15) is 0 Å². The lowest BCUT2D eigenvalue weighted by atomic mass is 10.1. The number of aryl methyl sites for hydroxylation is 1. The third kappa shape index (κ3) is 5.81. The highest BCUT2D eigenvalue weighted by Crippen LogP contribution is 2.26. The summed E-state index contributed by atoms with van der Waals surface area (Å²) in [4.78, 5) is 13.7. The van der Waals surface area contributed by atoms with Crippen LogP contribution in [-0.4, -0.2) is 16.7 Å². The summed E-state index contributed by atoms with van der Waals surface area (Å²) >= 11 is 11.3. The van der Waals surface area contributed by atoms with Gasteiger partial charge in [-0.15, -0.1) is 11.8 Å². The summed E-state index contributed by atoms with van der Waals surface area (Å²) in [5, 5.41) is 4.92. The van der Waals surface area contributed by atoms with Crippen molar-refractivity contribution >= 4 is 51.4 Å². The first-order valence-corrected chi connectivity index (χ1v) is 12.8. The maximum Gasteiger partial charge on any atom is 0.271 e. The molecule has 0 spiro atoms. The molecule has 1 aromatic heterocycles. The summed E-state index contributed by atoms with van der Waals surface area (Å²) in [5.41, 5.74) is 8.48. The molecule has 7 heteroatoms. The van der Waals surface area contributed by atoms with E-state index in [9.17, 15) is 4.79 Å². The Morgan fingerprint density at radius 1 is 1.06 bits per heavy atom. The highest BCUT2D eigenvalue weighted by Gasteiger charge is 2.12. The first kappa shape index (κ1) is 24.3. The van der Waals surface area contributed by atoms with Crippen LogP contribution in [0, 0.1) is 13.8 Å². The highest BCUT2D eigenvalue weighted by atomic mass is 79.9. The van der Waals surface area contributed by atoms with Gasteiger partial charge in [-0.05, 0) is 89.9 Å². The summed E-state index contributed by atoms with van der Waals surface area (Å²) in [5.74, 6) is 0.572. The van der Waals surface area contributed by atoms with E-state index < -0.39 is 0 Å². The van der Waals surface area contributed by atoms with Crippen molar-refractivity contribution in [3.63, 3.8) is 0 Å². The van der Waals surface area contributed by atoms with Crippen molar-refractivity contribution in [1.82, 2.24) is 9.99 Å². The lowest BCUT2D eigenvalue weighted by Gasteiger charge is -2.11. The first-order valence-electron chi connectivity index (χ1n) is 10.7. The van der Waals surface area contributed by atoms with E-state index in [0.29, 0.717) is 5.56 Å². The second-order valence-corrected chi connectivity index (χ2v) is 10.1. The molecule has 1 amide bonds. The minimum Gasteiger partial charge on any atom is -0.317 e. The van der Waals surface area contributed by atoms with Crippen LogP contribution in [0.25, 0.3) is 5.69 Å². The Bertz CT molecular complexity index is 1330. The van der Waals surface area contributed by atoms with Crippen LogP contribution in [0.15, 0.2) is 93.3 Å². The van der Waals surface area contributed by atoms with Crippen LogP contribution in [0.1, 0.15) is 32.9 Å². The van der Waals surface area contributed by atoms with Gasteiger partial charge in [-0.25, -0.2) is 5.43 Å². The number of para-hydroxylation sites is 1. The summed E-state index contributed by atoms with van der Waals surface area (Å²) in [6.07, 6.45) is 1.69. The quantitative estimate of drug-likeness (QED) is 0.146. The number of nitrogens with one attached hydrogen (secondary N) is 1. The normalized spacial score (nSPS) is 11.2. The molecule has 0 aliphatic heterocycles.